The zero-order chi connectivity index (χ0) is 18.8. The van der Waals surface area contributed by atoms with Crippen LogP contribution in [0.5, 0.6) is 0 Å². The first-order chi connectivity index (χ1) is 13.1. The molecule has 4 rings (SSSR count). The lowest BCUT2D eigenvalue weighted by Gasteiger charge is -2.08. The number of halogens is 1. The Balaban J connectivity index is 1.56. The summed E-state index contributed by atoms with van der Waals surface area (Å²) in [5.74, 6) is -0.775. The Morgan fingerprint density at radius 3 is 2.85 bits per heavy atom. The third kappa shape index (κ3) is 3.62. The van der Waals surface area contributed by atoms with Crippen molar-refractivity contribution >= 4 is 28.2 Å². The van der Waals surface area contributed by atoms with Gasteiger partial charge >= 0.3 is 0 Å². The van der Waals surface area contributed by atoms with Gasteiger partial charge in [0.2, 0.25) is 0 Å². The summed E-state index contributed by atoms with van der Waals surface area (Å²) >= 11 is 0. The number of nitrogens with one attached hydrogen (secondary N) is 1. The highest BCUT2D eigenvalue weighted by molar-refractivity contribution is 6.07. The first-order valence-electron chi connectivity index (χ1n) is 8.31. The molecule has 4 aromatic rings. The van der Waals surface area contributed by atoms with Gasteiger partial charge < -0.3 is 11.1 Å². The van der Waals surface area contributed by atoms with E-state index in [0.717, 1.165) is 16.5 Å². The van der Waals surface area contributed by atoms with E-state index in [-0.39, 0.29) is 11.6 Å². The van der Waals surface area contributed by atoms with Gasteiger partial charge in [-0.15, -0.1) is 0 Å². The van der Waals surface area contributed by atoms with Crippen LogP contribution in [-0.2, 0) is 6.54 Å². The van der Waals surface area contributed by atoms with Crippen LogP contribution >= 0.6 is 0 Å². The normalized spacial score (nSPS) is 10.9. The van der Waals surface area contributed by atoms with Crippen LogP contribution in [0.2, 0.25) is 0 Å². The average Bonchev–Trinajstić information content (AvgIpc) is 3.06. The molecule has 0 unspecified atom stereocenters. The number of nitrogen functional groups attached to an aromatic ring is 1. The number of anilines is 2. The van der Waals surface area contributed by atoms with Crippen LogP contribution in [0, 0.1) is 5.82 Å². The lowest BCUT2D eigenvalue weighted by atomic mass is 10.1. The van der Waals surface area contributed by atoms with Gasteiger partial charge in [-0.1, -0.05) is 6.07 Å². The largest absolute Gasteiger partial charge is 0.397 e. The van der Waals surface area contributed by atoms with Crippen LogP contribution in [0.3, 0.4) is 0 Å². The fraction of sp³-hybridized carbons (Fsp3) is 0.0500. The Bertz CT molecular complexity index is 1120. The van der Waals surface area contributed by atoms with E-state index in [9.17, 15) is 9.18 Å². The van der Waals surface area contributed by atoms with Gasteiger partial charge in [0, 0.05) is 29.5 Å². The zero-order valence-corrected chi connectivity index (χ0v) is 14.3. The number of carbonyl (C=O) groups is 1. The molecule has 3 N–H and O–H groups in total. The molecule has 7 heteroatoms. The summed E-state index contributed by atoms with van der Waals surface area (Å²) in [7, 11) is 0. The van der Waals surface area contributed by atoms with Crippen molar-refractivity contribution in [2.75, 3.05) is 11.1 Å². The maximum atomic E-state index is 13.1. The fourth-order valence-electron chi connectivity index (χ4n) is 2.82. The van der Waals surface area contributed by atoms with Gasteiger partial charge in [0.05, 0.1) is 23.4 Å². The molecule has 2 aromatic carbocycles. The molecule has 0 aliphatic heterocycles. The van der Waals surface area contributed by atoms with Crippen molar-refractivity contribution in [3.63, 3.8) is 0 Å². The molecular weight excluding hydrogens is 345 g/mol. The number of nitrogens with zero attached hydrogens (tertiary/aromatic N) is 3. The van der Waals surface area contributed by atoms with E-state index in [2.05, 4.69) is 15.4 Å². The van der Waals surface area contributed by atoms with Gasteiger partial charge in [-0.3, -0.25) is 14.5 Å². The molecule has 1 amide bonds. The Kier molecular flexibility index (Phi) is 4.25. The molecule has 2 aromatic heterocycles. The monoisotopic (exact) mass is 361 g/mol. The highest BCUT2D eigenvalue weighted by Crippen LogP contribution is 2.21. The lowest BCUT2D eigenvalue weighted by Crippen LogP contribution is -2.13. The molecule has 2 heterocycles. The predicted octanol–water partition coefficient (Wildman–Crippen LogP) is 3.45. The van der Waals surface area contributed by atoms with Crippen LogP contribution in [0.4, 0.5) is 15.8 Å². The lowest BCUT2D eigenvalue weighted by molar-refractivity contribution is 0.102. The van der Waals surface area contributed by atoms with Crippen molar-refractivity contribution in [1.82, 2.24) is 14.8 Å². The second-order valence-corrected chi connectivity index (χ2v) is 6.15. The topological polar surface area (TPSA) is 85.8 Å². The minimum absolute atomic E-state index is 0.175. The van der Waals surface area contributed by atoms with Crippen molar-refractivity contribution in [2.24, 2.45) is 0 Å². The SMILES string of the molecule is Nc1cc(F)ccc1NC(=O)c1ccc2nn(Cc3cccnc3)cc2c1. The third-order valence-corrected chi connectivity index (χ3v) is 4.14. The van der Waals surface area contributed by atoms with Crippen LogP contribution < -0.4 is 11.1 Å². The molecule has 0 fully saturated rings. The van der Waals surface area contributed by atoms with E-state index in [1.807, 2.05) is 18.3 Å². The number of amides is 1. The number of benzene rings is 2. The number of pyridine rings is 1. The molecule has 0 saturated carbocycles. The van der Waals surface area contributed by atoms with Crippen molar-refractivity contribution in [3.05, 3.63) is 84.1 Å². The van der Waals surface area contributed by atoms with Crippen LogP contribution in [0.15, 0.2) is 67.1 Å². The maximum absolute atomic E-state index is 13.1. The summed E-state index contributed by atoms with van der Waals surface area (Å²) in [5.41, 5.74) is 8.58. The van der Waals surface area contributed by atoms with E-state index >= 15 is 0 Å². The Hall–Kier alpha value is -3.74. The van der Waals surface area contributed by atoms with Crippen LogP contribution in [0.1, 0.15) is 15.9 Å². The molecule has 0 atom stereocenters. The van der Waals surface area contributed by atoms with Crippen molar-refractivity contribution in [2.45, 2.75) is 6.54 Å². The van der Waals surface area contributed by atoms with Gasteiger partial charge in [0.15, 0.2) is 0 Å². The fourth-order valence-corrected chi connectivity index (χ4v) is 2.82. The molecule has 0 radical (unpaired) electrons. The first-order valence-corrected chi connectivity index (χ1v) is 8.31. The molecule has 134 valence electrons. The van der Waals surface area contributed by atoms with Crippen molar-refractivity contribution < 1.29 is 9.18 Å². The summed E-state index contributed by atoms with van der Waals surface area (Å²) in [6, 6.07) is 13.0. The minimum atomic E-state index is -0.451. The molecular formula is C20H16FN5O. The number of nitrogens with two attached hydrogens (primary N) is 1. The molecule has 0 aliphatic rings. The molecule has 0 bridgehead atoms. The number of hydrogen-bond donors (Lipinski definition) is 2. The quantitative estimate of drug-likeness (QED) is 0.545. The highest BCUT2D eigenvalue weighted by Gasteiger charge is 2.11. The van der Waals surface area contributed by atoms with Crippen molar-refractivity contribution in [1.29, 1.82) is 0 Å². The Morgan fingerprint density at radius 2 is 2.07 bits per heavy atom. The second kappa shape index (κ2) is 6.87. The third-order valence-electron chi connectivity index (χ3n) is 4.14. The van der Waals surface area contributed by atoms with Gasteiger partial charge in [-0.25, -0.2) is 4.39 Å². The first kappa shape index (κ1) is 16.7. The van der Waals surface area contributed by atoms with E-state index in [0.29, 0.717) is 17.8 Å². The van der Waals surface area contributed by atoms with Crippen LogP contribution in [0.25, 0.3) is 10.9 Å². The summed E-state index contributed by atoms with van der Waals surface area (Å²) < 4.78 is 14.9. The van der Waals surface area contributed by atoms with Gasteiger partial charge in [0.25, 0.3) is 5.91 Å². The van der Waals surface area contributed by atoms with Crippen LogP contribution in [-0.4, -0.2) is 20.7 Å². The molecule has 27 heavy (non-hydrogen) atoms. The molecule has 0 spiro atoms. The smallest absolute Gasteiger partial charge is 0.255 e. The van der Waals surface area contributed by atoms with Gasteiger partial charge in [-0.2, -0.15) is 5.10 Å². The van der Waals surface area contributed by atoms with Crippen molar-refractivity contribution in [3.8, 4) is 0 Å². The summed E-state index contributed by atoms with van der Waals surface area (Å²) in [6.45, 7) is 0.593. The summed E-state index contributed by atoms with van der Waals surface area (Å²) in [4.78, 5) is 16.6. The second-order valence-electron chi connectivity index (χ2n) is 6.15. The maximum Gasteiger partial charge on any atom is 0.255 e. The summed E-state index contributed by atoms with van der Waals surface area (Å²) in [6.07, 6.45) is 5.39. The van der Waals surface area contributed by atoms with E-state index in [1.54, 1.807) is 35.3 Å². The number of hydrogen-bond acceptors (Lipinski definition) is 4. The number of carbonyl (C=O) groups excluding carboxylic acids is 1. The van der Waals surface area contributed by atoms with Gasteiger partial charge in [0.1, 0.15) is 5.82 Å². The molecule has 0 aliphatic carbocycles. The van der Waals surface area contributed by atoms with E-state index in [4.69, 9.17) is 5.73 Å². The van der Waals surface area contributed by atoms with E-state index in [1.165, 1.54) is 18.2 Å². The number of aromatic nitrogens is 3. The molecule has 6 nitrogen and oxygen atoms in total. The van der Waals surface area contributed by atoms with E-state index < -0.39 is 5.82 Å². The van der Waals surface area contributed by atoms with Gasteiger partial charge in [-0.05, 0) is 48.0 Å². The average molecular weight is 361 g/mol. The standard InChI is InChI=1S/C20H16FN5O/c21-16-4-6-19(17(22)9-16)24-20(27)14-3-5-18-15(8-14)12-26(25-18)11-13-2-1-7-23-10-13/h1-10,12H,11,22H2,(H,24,27). The number of fused-ring (bicyclic) bond motifs is 1. The predicted molar refractivity (Wildman–Crippen MR) is 102 cm³/mol. The Labute approximate surface area is 154 Å². The molecule has 0 saturated heterocycles. The summed E-state index contributed by atoms with van der Waals surface area (Å²) in [5, 5.41) is 8.06. The number of rotatable bonds is 4. The zero-order valence-electron chi connectivity index (χ0n) is 14.3. The highest BCUT2D eigenvalue weighted by atomic mass is 19.1. The minimum Gasteiger partial charge on any atom is -0.397 e. The Morgan fingerprint density at radius 1 is 1.19 bits per heavy atom.